The Morgan fingerprint density at radius 3 is 2.63 bits per heavy atom. The van der Waals surface area contributed by atoms with Gasteiger partial charge in [-0.1, -0.05) is 23.7 Å². The number of anilines is 1. The van der Waals surface area contributed by atoms with Crippen molar-refractivity contribution in [2.24, 2.45) is 0 Å². The lowest BCUT2D eigenvalue weighted by Gasteiger charge is -2.16. The summed E-state index contributed by atoms with van der Waals surface area (Å²) >= 11 is 7.68. The van der Waals surface area contributed by atoms with Crippen molar-refractivity contribution in [1.29, 1.82) is 0 Å². The molecule has 0 fully saturated rings. The lowest BCUT2D eigenvalue weighted by molar-refractivity contribution is 0.885. The molecule has 2 aromatic carbocycles. The Labute approximate surface area is 121 Å². The van der Waals surface area contributed by atoms with Crippen LogP contribution < -0.4 is 5.32 Å². The fourth-order valence-corrected chi connectivity index (χ4v) is 3.04. The highest BCUT2D eigenvalue weighted by atomic mass is 35.5. The summed E-state index contributed by atoms with van der Waals surface area (Å²) in [6, 6.07) is 16.9. The zero-order chi connectivity index (χ0) is 13.2. The first kappa shape index (κ1) is 12.5. The van der Waals surface area contributed by atoms with Crippen LogP contribution in [-0.2, 0) is 0 Å². The Morgan fingerprint density at radius 2 is 1.84 bits per heavy atom. The molecule has 0 radical (unpaired) electrons. The second-order valence-electron chi connectivity index (χ2n) is 4.59. The van der Waals surface area contributed by atoms with Gasteiger partial charge in [0.1, 0.15) is 0 Å². The molecule has 0 bridgehead atoms. The van der Waals surface area contributed by atoms with Crippen LogP contribution >= 0.6 is 22.9 Å². The minimum Gasteiger partial charge on any atom is -0.379 e. The van der Waals surface area contributed by atoms with Crippen LogP contribution in [0.3, 0.4) is 0 Å². The summed E-state index contributed by atoms with van der Waals surface area (Å²) in [5, 5.41) is 7.71. The summed E-state index contributed by atoms with van der Waals surface area (Å²) < 4.78 is 1.32. The monoisotopic (exact) mass is 287 g/mol. The van der Waals surface area contributed by atoms with E-state index in [0.29, 0.717) is 0 Å². The van der Waals surface area contributed by atoms with E-state index >= 15 is 0 Å². The van der Waals surface area contributed by atoms with E-state index in [2.05, 4.69) is 54.0 Å². The average molecular weight is 288 g/mol. The van der Waals surface area contributed by atoms with E-state index in [1.165, 1.54) is 15.6 Å². The van der Waals surface area contributed by atoms with E-state index in [1.54, 1.807) is 11.3 Å². The highest BCUT2D eigenvalue weighted by Crippen LogP contribution is 2.26. The molecule has 3 aromatic rings. The maximum absolute atomic E-state index is 5.91. The molecule has 1 nitrogen and oxygen atoms in total. The zero-order valence-electron chi connectivity index (χ0n) is 10.6. The van der Waals surface area contributed by atoms with Crippen LogP contribution in [0.25, 0.3) is 10.1 Å². The molecule has 1 unspecified atom stereocenters. The van der Waals surface area contributed by atoms with Crippen LogP contribution in [0.2, 0.25) is 5.02 Å². The summed E-state index contributed by atoms with van der Waals surface area (Å²) in [5.41, 5.74) is 2.38. The topological polar surface area (TPSA) is 12.0 Å². The fourth-order valence-electron chi connectivity index (χ4n) is 2.14. The Morgan fingerprint density at radius 1 is 1.05 bits per heavy atom. The van der Waals surface area contributed by atoms with Gasteiger partial charge in [0.05, 0.1) is 0 Å². The van der Waals surface area contributed by atoms with E-state index < -0.39 is 0 Å². The van der Waals surface area contributed by atoms with Gasteiger partial charge in [0.2, 0.25) is 0 Å². The first-order valence-electron chi connectivity index (χ1n) is 6.21. The molecule has 96 valence electrons. The van der Waals surface area contributed by atoms with Gasteiger partial charge in [0.25, 0.3) is 0 Å². The maximum atomic E-state index is 5.91. The highest BCUT2D eigenvalue weighted by molar-refractivity contribution is 7.17. The van der Waals surface area contributed by atoms with E-state index in [0.717, 1.165) is 10.7 Å². The van der Waals surface area contributed by atoms with Gasteiger partial charge in [-0.15, -0.1) is 11.3 Å². The summed E-state index contributed by atoms with van der Waals surface area (Å²) in [7, 11) is 0. The van der Waals surface area contributed by atoms with Gasteiger partial charge in [-0.05, 0) is 59.7 Å². The number of hydrogen-bond donors (Lipinski definition) is 1. The van der Waals surface area contributed by atoms with Crippen LogP contribution in [-0.4, -0.2) is 0 Å². The van der Waals surface area contributed by atoms with Crippen LogP contribution in [0.15, 0.2) is 53.9 Å². The van der Waals surface area contributed by atoms with Crippen LogP contribution in [0.5, 0.6) is 0 Å². The van der Waals surface area contributed by atoms with E-state index in [1.807, 2.05) is 12.1 Å². The largest absolute Gasteiger partial charge is 0.379 e. The van der Waals surface area contributed by atoms with E-state index in [4.69, 9.17) is 11.6 Å². The Kier molecular flexibility index (Phi) is 3.45. The Balaban J connectivity index is 1.81. The molecular weight excluding hydrogens is 274 g/mol. The van der Waals surface area contributed by atoms with Gasteiger partial charge in [-0.2, -0.15) is 0 Å². The van der Waals surface area contributed by atoms with Crippen molar-refractivity contribution >= 4 is 38.7 Å². The summed E-state index contributed by atoms with van der Waals surface area (Å²) in [4.78, 5) is 0. The average Bonchev–Trinajstić information content (AvgIpc) is 2.87. The molecule has 1 heterocycles. The standard InChI is InChI=1S/C16H14ClNS/c1-11(12-2-4-14(17)5-3-12)18-15-6-7-16-13(10-15)8-9-19-16/h2-11,18H,1H3. The SMILES string of the molecule is CC(Nc1ccc2sccc2c1)c1ccc(Cl)cc1. The number of benzene rings is 2. The number of fused-ring (bicyclic) bond motifs is 1. The van der Waals surface area contributed by atoms with Crippen LogP contribution in [0.1, 0.15) is 18.5 Å². The van der Waals surface area contributed by atoms with Crippen molar-refractivity contribution in [1.82, 2.24) is 0 Å². The molecule has 0 amide bonds. The third kappa shape index (κ3) is 2.75. The zero-order valence-corrected chi connectivity index (χ0v) is 12.1. The first-order valence-corrected chi connectivity index (χ1v) is 7.47. The quantitative estimate of drug-likeness (QED) is 0.649. The molecule has 0 spiro atoms. The highest BCUT2D eigenvalue weighted by Gasteiger charge is 2.05. The van der Waals surface area contributed by atoms with Crippen molar-refractivity contribution in [3.05, 3.63) is 64.5 Å². The molecule has 0 aliphatic carbocycles. The maximum Gasteiger partial charge on any atom is 0.0485 e. The molecule has 0 saturated carbocycles. The van der Waals surface area contributed by atoms with Gasteiger partial charge in [-0.3, -0.25) is 0 Å². The molecule has 19 heavy (non-hydrogen) atoms. The van der Waals surface area contributed by atoms with Crippen LogP contribution in [0, 0.1) is 0 Å². The molecule has 1 aromatic heterocycles. The normalized spacial score (nSPS) is 12.5. The number of nitrogens with one attached hydrogen (secondary N) is 1. The second-order valence-corrected chi connectivity index (χ2v) is 5.97. The lowest BCUT2D eigenvalue weighted by Crippen LogP contribution is -2.06. The molecule has 3 rings (SSSR count). The van der Waals surface area contributed by atoms with Crippen molar-refractivity contribution in [2.45, 2.75) is 13.0 Å². The third-order valence-corrected chi connectivity index (χ3v) is 4.36. The van der Waals surface area contributed by atoms with E-state index in [9.17, 15) is 0 Å². The molecule has 1 N–H and O–H groups in total. The molecule has 1 atom stereocenters. The predicted molar refractivity (Wildman–Crippen MR) is 85.3 cm³/mol. The fraction of sp³-hybridized carbons (Fsp3) is 0.125. The van der Waals surface area contributed by atoms with Gasteiger partial charge < -0.3 is 5.32 Å². The smallest absolute Gasteiger partial charge is 0.0485 e. The minimum atomic E-state index is 0.258. The summed E-state index contributed by atoms with van der Waals surface area (Å²) in [6.45, 7) is 2.15. The van der Waals surface area contributed by atoms with Crippen molar-refractivity contribution in [2.75, 3.05) is 5.32 Å². The number of hydrogen-bond acceptors (Lipinski definition) is 2. The van der Waals surface area contributed by atoms with Crippen molar-refractivity contribution < 1.29 is 0 Å². The van der Waals surface area contributed by atoms with Crippen molar-refractivity contribution in [3.63, 3.8) is 0 Å². The minimum absolute atomic E-state index is 0.258. The van der Waals surface area contributed by atoms with Gasteiger partial charge in [0, 0.05) is 21.5 Å². The Bertz CT molecular complexity index is 687. The summed E-state index contributed by atoms with van der Waals surface area (Å²) in [6.07, 6.45) is 0. The molecule has 0 saturated heterocycles. The molecule has 0 aliphatic heterocycles. The van der Waals surface area contributed by atoms with Crippen molar-refractivity contribution in [3.8, 4) is 0 Å². The lowest BCUT2D eigenvalue weighted by atomic mass is 10.1. The third-order valence-electron chi connectivity index (χ3n) is 3.21. The molecular formula is C16H14ClNS. The van der Waals surface area contributed by atoms with Gasteiger partial charge in [-0.25, -0.2) is 0 Å². The number of thiophene rings is 1. The first-order chi connectivity index (χ1) is 9.22. The van der Waals surface area contributed by atoms with Gasteiger partial charge >= 0.3 is 0 Å². The predicted octanol–water partition coefficient (Wildman–Crippen LogP) is 5.73. The second kappa shape index (κ2) is 5.24. The van der Waals surface area contributed by atoms with Crippen LogP contribution in [0.4, 0.5) is 5.69 Å². The summed E-state index contributed by atoms with van der Waals surface area (Å²) in [5.74, 6) is 0. The Hall–Kier alpha value is -1.51. The van der Waals surface area contributed by atoms with Gasteiger partial charge in [0.15, 0.2) is 0 Å². The number of rotatable bonds is 3. The molecule has 3 heteroatoms. The molecule has 0 aliphatic rings. The number of halogens is 1. The van der Waals surface area contributed by atoms with E-state index in [-0.39, 0.29) is 6.04 Å².